The summed E-state index contributed by atoms with van der Waals surface area (Å²) in [6, 6.07) is 1.78. The Labute approximate surface area is 119 Å². The number of nitrogen functional groups attached to an aromatic ring is 1. The van der Waals surface area contributed by atoms with Gasteiger partial charge in [-0.05, 0) is 13.0 Å². The van der Waals surface area contributed by atoms with Gasteiger partial charge in [0.05, 0.1) is 23.3 Å². The summed E-state index contributed by atoms with van der Waals surface area (Å²) in [5.41, 5.74) is 5.02. The van der Waals surface area contributed by atoms with Gasteiger partial charge in [0.2, 0.25) is 0 Å². The highest BCUT2D eigenvalue weighted by Gasteiger charge is 2.52. The first kappa shape index (κ1) is 13.6. The average Bonchev–Trinajstić information content (AvgIpc) is 2.92. The van der Waals surface area contributed by atoms with Crippen LogP contribution in [0.3, 0.4) is 0 Å². The summed E-state index contributed by atoms with van der Waals surface area (Å²) in [5.74, 6) is 0.371. The summed E-state index contributed by atoms with van der Waals surface area (Å²) in [7, 11) is 0. The molecule has 0 spiro atoms. The Morgan fingerprint density at radius 3 is 2.90 bits per heavy atom. The Kier molecular flexibility index (Phi) is 3.13. The van der Waals surface area contributed by atoms with Crippen molar-refractivity contribution < 1.29 is 15.3 Å². The van der Waals surface area contributed by atoms with Crippen molar-refractivity contribution in [2.45, 2.75) is 29.3 Å². The molecule has 2 aromatic rings. The SMILES string of the molecule is C[C@]1(O)C(n2ccc3c(N)ncnc32)S[C@H](CO)[C@H]1O. The molecule has 8 heteroatoms. The van der Waals surface area contributed by atoms with Crippen LogP contribution in [0.25, 0.3) is 11.0 Å². The predicted molar refractivity (Wildman–Crippen MR) is 76.1 cm³/mol. The minimum atomic E-state index is -1.37. The molecule has 1 aliphatic rings. The topological polar surface area (TPSA) is 117 Å². The van der Waals surface area contributed by atoms with Gasteiger partial charge >= 0.3 is 0 Å². The fourth-order valence-corrected chi connectivity index (χ4v) is 4.13. The maximum Gasteiger partial charge on any atom is 0.146 e. The first-order valence-corrected chi connectivity index (χ1v) is 7.15. The Balaban J connectivity index is 2.10. The van der Waals surface area contributed by atoms with Crippen molar-refractivity contribution in [1.82, 2.24) is 14.5 Å². The number of hydrogen-bond donors (Lipinski definition) is 4. The quantitative estimate of drug-likeness (QED) is 0.602. The third-order valence-corrected chi connectivity index (χ3v) is 5.45. The number of rotatable bonds is 2. The maximum atomic E-state index is 10.5. The number of anilines is 1. The van der Waals surface area contributed by atoms with Crippen LogP contribution in [0.15, 0.2) is 18.6 Å². The largest absolute Gasteiger partial charge is 0.395 e. The number of nitrogens with zero attached hydrogens (tertiary/aromatic N) is 3. The molecule has 1 aliphatic heterocycles. The fraction of sp³-hybridized carbons (Fsp3) is 0.500. The van der Waals surface area contributed by atoms with E-state index in [1.54, 1.807) is 23.8 Å². The van der Waals surface area contributed by atoms with Gasteiger partial charge in [0.25, 0.3) is 0 Å². The molecule has 108 valence electrons. The van der Waals surface area contributed by atoms with Crippen LogP contribution in [0.5, 0.6) is 0 Å². The van der Waals surface area contributed by atoms with E-state index in [-0.39, 0.29) is 6.61 Å². The lowest BCUT2D eigenvalue weighted by Crippen LogP contribution is -2.44. The van der Waals surface area contributed by atoms with E-state index in [1.165, 1.54) is 18.1 Å². The second-order valence-electron chi connectivity index (χ2n) is 5.10. The molecule has 0 aromatic carbocycles. The Hall–Kier alpha value is -1.35. The number of aliphatic hydroxyl groups is 3. The van der Waals surface area contributed by atoms with Crippen molar-refractivity contribution in [2.75, 3.05) is 12.3 Å². The molecule has 3 heterocycles. The number of hydrogen-bond acceptors (Lipinski definition) is 7. The van der Waals surface area contributed by atoms with Crippen LogP contribution in [0.4, 0.5) is 5.82 Å². The molecule has 0 bridgehead atoms. The van der Waals surface area contributed by atoms with Gasteiger partial charge in [-0.2, -0.15) is 0 Å². The van der Waals surface area contributed by atoms with Gasteiger partial charge in [-0.1, -0.05) is 0 Å². The number of fused-ring (bicyclic) bond motifs is 1. The average molecular weight is 296 g/mol. The van der Waals surface area contributed by atoms with Gasteiger partial charge in [-0.3, -0.25) is 0 Å². The van der Waals surface area contributed by atoms with E-state index in [1.807, 2.05) is 0 Å². The molecule has 0 radical (unpaired) electrons. The van der Waals surface area contributed by atoms with Gasteiger partial charge in [0, 0.05) is 6.20 Å². The van der Waals surface area contributed by atoms with E-state index in [0.29, 0.717) is 16.9 Å². The van der Waals surface area contributed by atoms with Crippen molar-refractivity contribution >= 4 is 28.6 Å². The van der Waals surface area contributed by atoms with Crippen LogP contribution in [0.2, 0.25) is 0 Å². The van der Waals surface area contributed by atoms with Crippen molar-refractivity contribution in [3.05, 3.63) is 18.6 Å². The van der Waals surface area contributed by atoms with Crippen LogP contribution in [-0.2, 0) is 0 Å². The lowest BCUT2D eigenvalue weighted by molar-refractivity contribution is -0.0671. The highest BCUT2D eigenvalue weighted by atomic mass is 32.2. The van der Waals surface area contributed by atoms with Gasteiger partial charge in [-0.25, -0.2) is 9.97 Å². The third kappa shape index (κ3) is 1.80. The monoisotopic (exact) mass is 296 g/mol. The van der Waals surface area contributed by atoms with Crippen LogP contribution < -0.4 is 5.73 Å². The number of nitrogens with two attached hydrogens (primary N) is 1. The summed E-state index contributed by atoms with van der Waals surface area (Å²) >= 11 is 1.32. The zero-order valence-corrected chi connectivity index (χ0v) is 11.7. The summed E-state index contributed by atoms with van der Waals surface area (Å²) in [6.07, 6.45) is 2.11. The van der Waals surface area contributed by atoms with E-state index in [9.17, 15) is 15.3 Å². The Bertz CT molecular complexity index is 645. The summed E-state index contributed by atoms with van der Waals surface area (Å²) in [6.45, 7) is 1.36. The fourth-order valence-electron chi connectivity index (χ4n) is 2.57. The van der Waals surface area contributed by atoms with Crippen LogP contribution in [0.1, 0.15) is 12.3 Å². The van der Waals surface area contributed by atoms with E-state index in [2.05, 4.69) is 9.97 Å². The molecule has 5 N–H and O–H groups in total. The molecule has 20 heavy (non-hydrogen) atoms. The Morgan fingerprint density at radius 2 is 2.25 bits per heavy atom. The zero-order valence-electron chi connectivity index (χ0n) is 10.8. The predicted octanol–water partition coefficient (Wildman–Crippen LogP) is -0.268. The molecule has 3 rings (SSSR count). The zero-order chi connectivity index (χ0) is 14.5. The van der Waals surface area contributed by atoms with Crippen LogP contribution >= 0.6 is 11.8 Å². The molecular formula is C12H16N4O3S. The lowest BCUT2D eigenvalue weighted by atomic mass is 9.96. The number of thioether (sulfide) groups is 1. The highest BCUT2D eigenvalue weighted by Crippen LogP contribution is 2.49. The lowest BCUT2D eigenvalue weighted by Gasteiger charge is -2.29. The molecule has 4 atom stereocenters. The first-order chi connectivity index (χ1) is 9.46. The second kappa shape index (κ2) is 4.59. The van der Waals surface area contributed by atoms with Gasteiger partial charge in [0.15, 0.2) is 0 Å². The smallest absolute Gasteiger partial charge is 0.146 e. The molecule has 0 saturated carbocycles. The molecular weight excluding hydrogens is 280 g/mol. The second-order valence-corrected chi connectivity index (χ2v) is 6.42. The maximum absolute atomic E-state index is 10.5. The highest BCUT2D eigenvalue weighted by molar-refractivity contribution is 8.00. The van der Waals surface area contributed by atoms with Crippen molar-refractivity contribution in [3.63, 3.8) is 0 Å². The van der Waals surface area contributed by atoms with Crippen LogP contribution in [0, 0.1) is 0 Å². The Morgan fingerprint density at radius 1 is 1.50 bits per heavy atom. The molecule has 7 nitrogen and oxygen atoms in total. The molecule has 1 fully saturated rings. The molecule has 0 amide bonds. The van der Waals surface area contributed by atoms with Crippen LogP contribution in [-0.4, -0.2) is 53.4 Å². The molecule has 1 unspecified atom stereocenters. The number of aromatic nitrogens is 3. The van der Waals surface area contributed by atoms with Crippen molar-refractivity contribution in [3.8, 4) is 0 Å². The minimum absolute atomic E-state index is 0.200. The van der Waals surface area contributed by atoms with Gasteiger partial charge in [0.1, 0.15) is 28.8 Å². The van der Waals surface area contributed by atoms with E-state index >= 15 is 0 Å². The van der Waals surface area contributed by atoms with Crippen molar-refractivity contribution in [2.24, 2.45) is 0 Å². The molecule has 2 aromatic heterocycles. The van der Waals surface area contributed by atoms with Crippen molar-refractivity contribution in [1.29, 1.82) is 0 Å². The van der Waals surface area contributed by atoms with E-state index < -0.39 is 22.3 Å². The summed E-state index contributed by atoms with van der Waals surface area (Å²) < 4.78 is 1.76. The van der Waals surface area contributed by atoms with E-state index in [0.717, 1.165) is 0 Å². The number of aliphatic hydroxyl groups excluding tert-OH is 2. The standard InChI is InChI=1S/C12H16N4O3S/c1-12(19)8(18)7(4-17)20-11(12)16-3-2-6-9(13)14-5-15-10(6)16/h2-3,5,7-8,11,17-19H,4H2,1H3,(H2,13,14,15)/t7-,8-,11?,12-/m1/s1. The summed E-state index contributed by atoms with van der Waals surface area (Å²) in [4.78, 5) is 8.12. The van der Waals surface area contributed by atoms with E-state index in [4.69, 9.17) is 5.73 Å². The summed E-state index contributed by atoms with van der Waals surface area (Å²) in [5, 5.41) is 29.8. The normalized spacial score (nSPS) is 33.9. The minimum Gasteiger partial charge on any atom is -0.395 e. The van der Waals surface area contributed by atoms with Gasteiger partial charge in [-0.15, -0.1) is 11.8 Å². The molecule has 1 saturated heterocycles. The third-order valence-electron chi connectivity index (χ3n) is 3.73. The van der Waals surface area contributed by atoms with Gasteiger partial charge < -0.3 is 25.6 Å². The molecule has 0 aliphatic carbocycles. The first-order valence-electron chi connectivity index (χ1n) is 6.20.